The van der Waals surface area contributed by atoms with Crippen LogP contribution < -0.4 is 5.73 Å². The van der Waals surface area contributed by atoms with Gasteiger partial charge < -0.3 is 10.6 Å². The Morgan fingerprint density at radius 1 is 1.28 bits per heavy atom. The van der Waals surface area contributed by atoms with Crippen molar-refractivity contribution in [2.45, 2.75) is 32.0 Å². The quantitative estimate of drug-likeness (QED) is 0.901. The number of nitrogens with two attached hydrogens (primary N) is 1. The van der Waals surface area contributed by atoms with Gasteiger partial charge in [-0.3, -0.25) is 4.79 Å². The zero-order valence-corrected chi connectivity index (χ0v) is 13.5. The number of amides is 1. The summed E-state index contributed by atoms with van der Waals surface area (Å²) in [7, 11) is 0. The molecule has 25 heavy (non-hydrogen) atoms. The number of anilines is 1. The molecule has 1 aliphatic heterocycles. The fraction of sp³-hybridized carbons (Fsp3) is 0.353. The normalized spacial score (nSPS) is 17.8. The van der Waals surface area contributed by atoms with E-state index in [2.05, 4.69) is 9.97 Å². The van der Waals surface area contributed by atoms with Crippen molar-refractivity contribution in [2.75, 3.05) is 12.3 Å². The molecule has 1 saturated heterocycles. The summed E-state index contributed by atoms with van der Waals surface area (Å²) in [6.45, 7) is 2.11. The Bertz CT molecular complexity index is 789. The van der Waals surface area contributed by atoms with Gasteiger partial charge in [0.2, 0.25) is 11.9 Å². The maximum Gasteiger partial charge on any atom is 0.416 e. The minimum Gasteiger partial charge on any atom is -0.368 e. The molecule has 2 heterocycles. The first-order valence-corrected chi connectivity index (χ1v) is 7.84. The summed E-state index contributed by atoms with van der Waals surface area (Å²) in [5, 5.41) is 0. The first-order valence-electron chi connectivity index (χ1n) is 7.84. The molecule has 8 heteroatoms. The van der Waals surface area contributed by atoms with E-state index in [0.29, 0.717) is 23.4 Å². The first-order chi connectivity index (χ1) is 11.8. The lowest BCUT2D eigenvalue weighted by molar-refractivity contribution is -0.137. The van der Waals surface area contributed by atoms with E-state index in [1.54, 1.807) is 4.90 Å². The van der Waals surface area contributed by atoms with Gasteiger partial charge in [-0.2, -0.15) is 13.2 Å². The lowest BCUT2D eigenvalue weighted by Gasteiger charge is -2.24. The van der Waals surface area contributed by atoms with Gasteiger partial charge in [0.1, 0.15) is 0 Å². The van der Waals surface area contributed by atoms with Gasteiger partial charge in [-0.15, -0.1) is 0 Å². The lowest BCUT2D eigenvalue weighted by Crippen LogP contribution is -2.29. The van der Waals surface area contributed by atoms with E-state index in [4.69, 9.17) is 5.73 Å². The predicted molar refractivity (Wildman–Crippen MR) is 86.2 cm³/mol. The van der Waals surface area contributed by atoms with E-state index in [9.17, 15) is 18.0 Å². The highest BCUT2D eigenvalue weighted by atomic mass is 19.4. The fourth-order valence-corrected chi connectivity index (χ4v) is 3.15. The third kappa shape index (κ3) is 3.42. The highest BCUT2D eigenvalue weighted by molar-refractivity contribution is 5.75. The molecule has 0 radical (unpaired) electrons. The largest absolute Gasteiger partial charge is 0.416 e. The van der Waals surface area contributed by atoms with Crippen molar-refractivity contribution in [1.29, 1.82) is 0 Å². The zero-order valence-electron chi connectivity index (χ0n) is 13.5. The highest BCUT2D eigenvalue weighted by Gasteiger charge is 2.32. The SMILES string of the molecule is CC(=O)N1CCC[C@@H]1c1nc(N)ncc1-c1ccc(C(F)(F)F)cc1. The van der Waals surface area contributed by atoms with Crippen LogP contribution in [0.1, 0.15) is 37.1 Å². The Morgan fingerprint density at radius 2 is 1.96 bits per heavy atom. The molecule has 1 amide bonds. The molecule has 5 nitrogen and oxygen atoms in total. The Morgan fingerprint density at radius 3 is 2.56 bits per heavy atom. The lowest BCUT2D eigenvalue weighted by atomic mass is 9.99. The van der Waals surface area contributed by atoms with Crippen molar-refractivity contribution in [2.24, 2.45) is 0 Å². The smallest absolute Gasteiger partial charge is 0.368 e. The Kier molecular flexibility index (Phi) is 4.36. The van der Waals surface area contributed by atoms with Crippen LogP contribution in [0.5, 0.6) is 0 Å². The summed E-state index contributed by atoms with van der Waals surface area (Å²) >= 11 is 0. The number of nitrogen functional groups attached to an aromatic ring is 1. The molecule has 1 aromatic carbocycles. The number of benzene rings is 1. The Hall–Kier alpha value is -2.64. The molecule has 1 aromatic heterocycles. The minimum atomic E-state index is -4.39. The van der Waals surface area contributed by atoms with Gasteiger partial charge in [-0.1, -0.05) is 12.1 Å². The number of rotatable bonds is 2. The number of hydrogen-bond donors (Lipinski definition) is 1. The van der Waals surface area contributed by atoms with E-state index in [1.807, 2.05) is 0 Å². The van der Waals surface area contributed by atoms with Crippen molar-refractivity contribution < 1.29 is 18.0 Å². The van der Waals surface area contributed by atoms with Gasteiger partial charge in [0.25, 0.3) is 0 Å². The van der Waals surface area contributed by atoms with Crippen LogP contribution in [0.15, 0.2) is 30.5 Å². The van der Waals surface area contributed by atoms with E-state index < -0.39 is 11.7 Å². The minimum absolute atomic E-state index is 0.0704. The van der Waals surface area contributed by atoms with Crippen LogP contribution in [0, 0.1) is 0 Å². The van der Waals surface area contributed by atoms with E-state index in [1.165, 1.54) is 25.3 Å². The van der Waals surface area contributed by atoms with Crippen LogP contribution in [-0.2, 0) is 11.0 Å². The zero-order chi connectivity index (χ0) is 18.2. The third-order valence-corrected chi connectivity index (χ3v) is 4.33. The van der Waals surface area contributed by atoms with Crippen LogP contribution in [0.25, 0.3) is 11.1 Å². The molecule has 0 aliphatic carbocycles. The Labute approximate surface area is 142 Å². The molecule has 0 saturated carbocycles. The van der Waals surface area contributed by atoms with Crippen LogP contribution >= 0.6 is 0 Å². The number of carbonyl (C=O) groups is 1. The molecule has 1 aliphatic rings. The van der Waals surface area contributed by atoms with Crippen molar-refractivity contribution in [3.05, 3.63) is 41.7 Å². The van der Waals surface area contributed by atoms with Crippen molar-refractivity contribution in [3.8, 4) is 11.1 Å². The standard InChI is InChI=1S/C17H17F3N4O/c1-10(25)24-8-2-3-14(24)15-13(9-22-16(21)23-15)11-4-6-12(7-5-11)17(18,19)20/h4-7,9,14H,2-3,8H2,1H3,(H2,21,22,23)/t14-/m1/s1. The van der Waals surface area contributed by atoms with E-state index in [-0.39, 0.29) is 17.9 Å². The average Bonchev–Trinajstić information content (AvgIpc) is 3.04. The summed E-state index contributed by atoms with van der Waals surface area (Å²) in [6.07, 6.45) is -1.34. The molecule has 0 spiro atoms. The average molecular weight is 350 g/mol. The summed E-state index contributed by atoms with van der Waals surface area (Å²) in [6, 6.07) is 4.56. The fourth-order valence-electron chi connectivity index (χ4n) is 3.15. The first kappa shape index (κ1) is 17.2. The number of likely N-dealkylation sites (tertiary alicyclic amines) is 1. The molecule has 132 valence electrons. The summed E-state index contributed by atoms with van der Waals surface area (Å²) in [5.41, 5.74) is 6.69. The number of alkyl halides is 3. The van der Waals surface area contributed by atoms with Gasteiger partial charge in [-0.25, -0.2) is 9.97 Å². The maximum atomic E-state index is 12.8. The number of hydrogen-bond acceptors (Lipinski definition) is 4. The second-order valence-corrected chi connectivity index (χ2v) is 5.97. The van der Waals surface area contributed by atoms with Gasteiger partial charge >= 0.3 is 6.18 Å². The number of halogens is 3. The van der Waals surface area contributed by atoms with Crippen LogP contribution in [0.4, 0.5) is 19.1 Å². The van der Waals surface area contributed by atoms with E-state index in [0.717, 1.165) is 25.0 Å². The number of nitrogens with zero attached hydrogens (tertiary/aromatic N) is 3. The molecule has 3 rings (SSSR count). The topological polar surface area (TPSA) is 72.1 Å². The highest BCUT2D eigenvalue weighted by Crippen LogP contribution is 2.37. The van der Waals surface area contributed by atoms with Gasteiger partial charge in [0.15, 0.2) is 0 Å². The third-order valence-electron chi connectivity index (χ3n) is 4.33. The summed E-state index contributed by atoms with van der Waals surface area (Å²) in [4.78, 5) is 21.8. The predicted octanol–water partition coefficient (Wildman–Crippen LogP) is 3.43. The van der Waals surface area contributed by atoms with Crippen molar-refractivity contribution in [3.63, 3.8) is 0 Å². The maximum absolute atomic E-state index is 12.8. The second-order valence-electron chi connectivity index (χ2n) is 5.97. The van der Waals surface area contributed by atoms with Crippen LogP contribution in [0.3, 0.4) is 0 Å². The van der Waals surface area contributed by atoms with Gasteiger partial charge in [-0.05, 0) is 30.5 Å². The van der Waals surface area contributed by atoms with Crippen molar-refractivity contribution in [1.82, 2.24) is 14.9 Å². The number of carbonyl (C=O) groups excluding carboxylic acids is 1. The van der Waals surface area contributed by atoms with Gasteiger partial charge in [0.05, 0.1) is 17.3 Å². The molecule has 1 fully saturated rings. The van der Waals surface area contributed by atoms with Crippen molar-refractivity contribution >= 4 is 11.9 Å². The summed E-state index contributed by atoms with van der Waals surface area (Å²) < 4.78 is 38.3. The van der Waals surface area contributed by atoms with Crippen LogP contribution in [-0.4, -0.2) is 27.3 Å². The molecule has 1 atom stereocenters. The number of aromatic nitrogens is 2. The molecular formula is C17H17F3N4O. The van der Waals surface area contributed by atoms with E-state index >= 15 is 0 Å². The van der Waals surface area contributed by atoms with Gasteiger partial charge in [0, 0.05) is 25.2 Å². The molecule has 0 bridgehead atoms. The van der Waals surface area contributed by atoms with Crippen LogP contribution in [0.2, 0.25) is 0 Å². The molecule has 0 unspecified atom stereocenters. The molecular weight excluding hydrogens is 333 g/mol. The Balaban J connectivity index is 2.04. The molecule has 2 aromatic rings. The second kappa shape index (κ2) is 6.34. The summed E-state index contributed by atoms with van der Waals surface area (Å²) in [5.74, 6) is -0.000818. The molecule has 2 N–H and O–H groups in total. The monoisotopic (exact) mass is 350 g/mol.